The van der Waals surface area contributed by atoms with E-state index < -0.39 is 0 Å². The number of amidine groups is 1. The molecule has 0 aromatic carbocycles. The van der Waals surface area contributed by atoms with Gasteiger partial charge in [-0.1, -0.05) is 30.6 Å². The smallest absolute Gasteiger partial charge is 0.267 e. The lowest BCUT2D eigenvalue weighted by Crippen LogP contribution is -2.40. The number of aromatic nitrogens is 3. The van der Waals surface area contributed by atoms with Crippen LogP contribution in [0.2, 0.25) is 0 Å². The molecular formula is C17H19N5OS2. The molecule has 2 aromatic heterocycles. The number of hydrogen-bond acceptors (Lipinski definition) is 6. The number of H-pyrrole nitrogens is 1. The molecule has 1 N–H and O–H groups in total. The molecule has 0 unspecified atom stereocenters. The Bertz CT molecular complexity index is 818. The fraction of sp³-hybridized carbons (Fsp3) is 0.412. The Morgan fingerprint density at radius 1 is 1.32 bits per heavy atom. The highest BCUT2D eigenvalue weighted by atomic mass is 32.2. The van der Waals surface area contributed by atoms with Gasteiger partial charge in [-0.05, 0) is 49.7 Å². The van der Waals surface area contributed by atoms with Crippen LogP contribution in [0.3, 0.4) is 0 Å². The zero-order chi connectivity index (χ0) is 17.2. The van der Waals surface area contributed by atoms with Crippen molar-refractivity contribution >= 4 is 45.4 Å². The number of hydrogen-bond donors (Lipinski definition) is 1. The van der Waals surface area contributed by atoms with Gasteiger partial charge in [0.1, 0.15) is 5.01 Å². The van der Waals surface area contributed by atoms with E-state index in [2.05, 4.69) is 20.2 Å². The first-order valence-electron chi connectivity index (χ1n) is 8.46. The first kappa shape index (κ1) is 16.5. The standard InChI is InChI=1S/C17H19N5OS2/c1-11-20-21-16(24-11)19-17-22(13-7-3-2-4-8-13)15(23)14(25-17)10-12-6-5-9-18-12/h5-6,9-10,13,18H,2-4,7-8H2,1H3/b14-10+,19-17+. The van der Waals surface area contributed by atoms with Crippen LogP contribution < -0.4 is 0 Å². The van der Waals surface area contributed by atoms with Crippen LogP contribution >= 0.6 is 23.1 Å². The van der Waals surface area contributed by atoms with Crippen molar-refractivity contribution < 1.29 is 4.79 Å². The fourth-order valence-electron chi connectivity index (χ4n) is 3.21. The van der Waals surface area contributed by atoms with Gasteiger partial charge in [0.15, 0.2) is 5.17 Å². The van der Waals surface area contributed by atoms with E-state index in [4.69, 9.17) is 0 Å². The summed E-state index contributed by atoms with van der Waals surface area (Å²) < 4.78 is 0. The summed E-state index contributed by atoms with van der Waals surface area (Å²) in [6.45, 7) is 1.91. The summed E-state index contributed by atoms with van der Waals surface area (Å²) >= 11 is 2.87. The second-order valence-corrected chi connectivity index (χ2v) is 8.37. The number of nitrogens with zero attached hydrogens (tertiary/aromatic N) is 4. The third kappa shape index (κ3) is 3.55. The zero-order valence-electron chi connectivity index (χ0n) is 13.9. The Morgan fingerprint density at radius 2 is 2.16 bits per heavy atom. The number of aryl methyl sites for hydroxylation is 1. The minimum atomic E-state index is 0.0477. The van der Waals surface area contributed by atoms with E-state index in [1.807, 2.05) is 36.2 Å². The van der Waals surface area contributed by atoms with Crippen molar-refractivity contribution in [1.82, 2.24) is 20.1 Å². The van der Waals surface area contributed by atoms with Gasteiger partial charge in [-0.25, -0.2) is 0 Å². The third-order valence-electron chi connectivity index (χ3n) is 4.39. The average Bonchev–Trinajstić information content (AvgIpc) is 3.32. The summed E-state index contributed by atoms with van der Waals surface area (Å²) in [6, 6.07) is 4.11. The van der Waals surface area contributed by atoms with Crippen molar-refractivity contribution in [3.8, 4) is 0 Å². The Balaban J connectivity index is 1.68. The number of aliphatic imine (C=N–C) groups is 1. The Labute approximate surface area is 154 Å². The van der Waals surface area contributed by atoms with E-state index >= 15 is 0 Å². The maximum Gasteiger partial charge on any atom is 0.267 e. The van der Waals surface area contributed by atoms with Gasteiger partial charge in [-0.15, -0.1) is 10.2 Å². The lowest BCUT2D eigenvalue weighted by atomic mass is 9.94. The molecule has 8 heteroatoms. The van der Waals surface area contributed by atoms with Crippen LogP contribution in [0.5, 0.6) is 0 Å². The van der Waals surface area contributed by atoms with Crippen LogP contribution in [0.4, 0.5) is 5.13 Å². The Morgan fingerprint density at radius 3 is 2.84 bits per heavy atom. The molecule has 6 nitrogen and oxygen atoms in total. The molecule has 0 bridgehead atoms. The molecule has 0 atom stereocenters. The van der Waals surface area contributed by atoms with E-state index in [-0.39, 0.29) is 11.9 Å². The number of carbonyl (C=O) groups is 1. The van der Waals surface area contributed by atoms with Gasteiger partial charge in [0.05, 0.1) is 4.91 Å². The monoisotopic (exact) mass is 373 g/mol. The van der Waals surface area contributed by atoms with Crippen molar-refractivity contribution in [2.75, 3.05) is 0 Å². The highest BCUT2D eigenvalue weighted by molar-refractivity contribution is 8.18. The lowest BCUT2D eigenvalue weighted by molar-refractivity contribution is -0.124. The van der Waals surface area contributed by atoms with E-state index in [0.29, 0.717) is 10.0 Å². The largest absolute Gasteiger partial charge is 0.362 e. The number of aromatic amines is 1. The second kappa shape index (κ2) is 7.13. The number of thioether (sulfide) groups is 1. The molecule has 0 spiro atoms. The van der Waals surface area contributed by atoms with Crippen LogP contribution in [-0.2, 0) is 4.79 Å². The molecule has 3 heterocycles. The van der Waals surface area contributed by atoms with Gasteiger partial charge in [0, 0.05) is 17.9 Å². The molecule has 2 aliphatic rings. The van der Waals surface area contributed by atoms with Gasteiger partial charge in [-0.3, -0.25) is 9.69 Å². The van der Waals surface area contributed by atoms with E-state index in [0.717, 1.165) is 28.7 Å². The van der Waals surface area contributed by atoms with Crippen LogP contribution in [0.15, 0.2) is 28.2 Å². The Hall–Kier alpha value is -1.93. The zero-order valence-corrected chi connectivity index (χ0v) is 15.6. The first-order chi connectivity index (χ1) is 12.2. The third-order valence-corrected chi connectivity index (χ3v) is 6.11. The van der Waals surface area contributed by atoms with Crippen molar-refractivity contribution in [1.29, 1.82) is 0 Å². The molecule has 2 fully saturated rings. The fourth-order valence-corrected chi connectivity index (χ4v) is 4.86. The molecule has 1 amide bonds. The van der Waals surface area contributed by atoms with E-state index in [9.17, 15) is 4.79 Å². The summed E-state index contributed by atoms with van der Waals surface area (Å²) in [4.78, 5) is 23.4. The predicted octanol–water partition coefficient (Wildman–Crippen LogP) is 4.11. The minimum absolute atomic E-state index is 0.0477. The highest BCUT2D eigenvalue weighted by Gasteiger charge is 2.38. The average molecular weight is 374 g/mol. The SMILES string of the molecule is Cc1nnc(/N=C2/S/C(=C/c3ccc[nH]3)C(=O)N2C2CCCCC2)s1. The number of carbonyl (C=O) groups excluding carboxylic acids is 1. The summed E-state index contributed by atoms with van der Waals surface area (Å²) in [7, 11) is 0. The molecule has 130 valence electrons. The van der Waals surface area contributed by atoms with Crippen LogP contribution in [0.25, 0.3) is 6.08 Å². The Kier molecular flexibility index (Phi) is 4.72. The lowest BCUT2D eigenvalue weighted by Gasteiger charge is -2.30. The predicted molar refractivity (Wildman–Crippen MR) is 102 cm³/mol. The molecule has 1 aliphatic carbocycles. The van der Waals surface area contributed by atoms with Crippen LogP contribution in [-0.4, -0.2) is 37.2 Å². The summed E-state index contributed by atoms with van der Waals surface area (Å²) in [5.41, 5.74) is 0.924. The van der Waals surface area contributed by atoms with Gasteiger partial charge < -0.3 is 4.98 Å². The normalized spacial score (nSPS) is 22.4. The van der Waals surface area contributed by atoms with Crippen LogP contribution in [0.1, 0.15) is 42.8 Å². The van der Waals surface area contributed by atoms with Gasteiger partial charge in [0.2, 0.25) is 5.13 Å². The van der Waals surface area contributed by atoms with Gasteiger partial charge in [0.25, 0.3) is 5.91 Å². The quantitative estimate of drug-likeness (QED) is 0.822. The molecule has 1 aliphatic heterocycles. The second-order valence-electron chi connectivity index (χ2n) is 6.20. The van der Waals surface area contributed by atoms with Crippen molar-refractivity contribution in [2.45, 2.75) is 45.1 Å². The number of nitrogens with one attached hydrogen (secondary N) is 1. The molecule has 25 heavy (non-hydrogen) atoms. The van der Waals surface area contributed by atoms with Crippen molar-refractivity contribution in [2.24, 2.45) is 4.99 Å². The van der Waals surface area contributed by atoms with Crippen LogP contribution in [0, 0.1) is 6.92 Å². The maximum absolute atomic E-state index is 13.0. The molecule has 1 saturated heterocycles. The van der Waals surface area contributed by atoms with Crippen molar-refractivity contribution in [3.05, 3.63) is 33.9 Å². The summed E-state index contributed by atoms with van der Waals surface area (Å²) in [5.74, 6) is 0.0477. The number of rotatable bonds is 3. The summed E-state index contributed by atoms with van der Waals surface area (Å²) in [6.07, 6.45) is 9.41. The minimum Gasteiger partial charge on any atom is -0.362 e. The molecule has 1 saturated carbocycles. The van der Waals surface area contributed by atoms with E-state index in [1.54, 1.807) is 0 Å². The highest BCUT2D eigenvalue weighted by Crippen LogP contribution is 2.38. The molecule has 4 rings (SSSR count). The van der Waals surface area contributed by atoms with Gasteiger partial charge in [-0.2, -0.15) is 4.99 Å². The van der Waals surface area contributed by atoms with E-state index in [1.165, 1.54) is 42.4 Å². The van der Waals surface area contributed by atoms with Gasteiger partial charge >= 0.3 is 0 Å². The summed E-state index contributed by atoms with van der Waals surface area (Å²) in [5, 5.41) is 10.3. The molecule has 0 radical (unpaired) electrons. The molecular weight excluding hydrogens is 354 g/mol. The molecule has 2 aromatic rings. The maximum atomic E-state index is 13.0. The first-order valence-corrected chi connectivity index (χ1v) is 10.1. The van der Waals surface area contributed by atoms with Crippen molar-refractivity contribution in [3.63, 3.8) is 0 Å². The topological polar surface area (TPSA) is 74.2 Å². The number of amides is 1.